The number of nitrogens with zero attached hydrogens (tertiary/aromatic N) is 8. The molecule has 2 aliphatic heterocycles. The van der Waals surface area contributed by atoms with Crippen molar-refractivity contribution in [3.63, 3.8) is 0 Å². The van der Waals surface area contributed by atoms with Crippen LogP contribution in [0.4, 0.5) is 5.82 Å². The Bertz CT molecular complexity index is 1120. The molecule has 2 fully saturated rings. The van der Waals surface area contributed by atoms with E-state index in [2.05, 4.69) is 29.9 Å². The third kappa shape index (κ3) is 3.39. The second-order valence-electron chi connectivity index (χ2n) is 8.53. The van der Waals surface area contributed by atoms with Crippen LogP contribution in [0.3, 0.4) is 0 Å². The first kappa shape index (κ1) is 18.9. The van der Waals surface area contributed by atoms with Gasteiger partial charge in [0.15, 0.2) is 5.82 Å². The average molecular weight is 406 g/mol. The summed E-state index contributed by atoms with van der Waals surface area (Å²) in [4.78, 5) is 30.1. The SMILES string of the molecule is Cc1cc(C)n(-c2cc(N3CC4CN(Cc5cncn(C)c5=O)CC4C3)ncn2)n1. The summed E-state index contributed by atoms with van der Waals surface area (Å²) in [6, 6.07) is 4.07. The molecule has 0 radical (unpaired) electrons. The van der Waals surface area contributed by atoms with E-state index in [4.69, 9.17) is 0 Å². The van der Waals surface area contributed by atoms with Gasteiger partial charge in [0.05, 0.1) is 12.0 Å². The van der Waals surface area contributed by atoms with Gasteiger partial charge in [0.2, 0.25) is 0 Å². The number of hydrogen-bond acceptors (Lipinski definition) is 7. The minimum absolute atomic E-state index is 0.0429. The topological polar surface area (TPSA) is 85.0 Å². The van der Waals surface area contributed by atoms with Crippen LogP contribution in [0.15, 0.2) is 35.8 Å². The summed E-state index contributed by atoms with van der Waals surface area (Å²) in [5.41, 5.74) is 2.85. The molecule has 2 saturated heterocycles. The first-order valence-corrected chi connectivity index (χ1v) is 10.3. The Hall–Kier alpha value is -3.07. The Labute approximate surface area is 175 Å². The average Bonchev–Trinajstić information content (AvgIpc) is 3.38. The number of rotatable bonds is 4. The maximum absolute atomic E-state index is 12.3. The van der Waals surface area contributed by atoms with Gasteiger partial charge in [0.25, 0.3) is 5.56 Å². The highest BCUT2D eigenvalue weighted by atomic mass is 16.1. The zero-order valence-corrected chi connectivity index (χ0v) is 17.6. The molecule has 0 aromatic carbocycles. The van der Waals surface area contributed by atoms with Gasteiger partial charge < -0.3 is 9.47 Å². The molecule has 2 atom stereocenters. The summed E-state index contributed by atoms with van der Waals surface area (Å²) < 4.78 is 3.41. The van der Waals surface area contributed by atoms with Gasteiger partial charge in [-0.05, 0) is 31.7 Å². The molecular weight excluding hydrogens is 380 g/mol. The summed E-state index contributed by atoms with van der Waals surface area (Å²) in [6.07, 6.45) is 4.88. The molecular formula is C21H26N8O. The molecule has 0 aliphatic carbocycles. The largest absolute Gasteiger partial charge is 0.356 e. The van der Waals surface area contributed by atoms with Crippen molar-refractivity contribution in [2.75, 3.05) is 31.1 Å². The second kappa shape index (κ2) is 7.32. The van der Waals surface area contributed by atoms with E-state index < -0.39 is 0 Å². The van der Waals surface area contributed by atoms with Crippen LogP contribution in [-0.2, 0) is 13.6 Å². The Kier molecular flexibility index (Phi) is 4.62. The van der Waals surface area contributed by atoms with Crippen molar-refractivity contribution in [1.82, 2.24) is 34.2 Å². The number of anilines is 1. The molecule has 3 aromatic heterocycles. The van der Waals surface area contributed by atoms with Gasteiger partial charge in [-0.15, -0.1) is 0 Å². The Morgan fingerprint density at radius 3 is 2.47 bits per heavy atom. The molecule has 0 bridgehead atoms. The Morgan fingerprint density at radius 2 is 1.77 bits per heavy atom. The zero-order valence-electron chi connectivity index (χ0n) is 17.6. The van der Waals surface area contributed by atoms with E-state index in [1.54, 1.807) is 30.5 Å². The fourth-order valence-corrected chi connectivity index (χ4v) is 4.80. The van der Waals surface area contributed by atoms with E-state index in [-0.39, 0.29) is 5.56 Å². The maximum atomic E-state index is 12.3. The van der Waals surface area contributed by atoms with Crippen molar-refractivity contribution in [1.29, 1.82) is 0 Å². The van der Waals surface area contributed by atoms with Crippen LogP contribution < -0.4 is 10.5 Å². The van der Waals surface area contributed by atoms with Crippen LogP contribution in [0.25, 0.3) is 5.82 Å². The molecule has 9 nitrogen and oxygen atoms in total. The number of aryl methyl sites for hydroxylation is 3. The highest BCUT2D eigenvalue weighted by molar-refractivity contribution is 5.45. The lowest BCUT2D eigenvalue weighted by Crippen LogP contribution is -2.31. The van der Waals surface area contributed by atoms with Crippen LogP contribution in [0.1, 0.15) is 17.0 Å². The minimum Gasteiger partial charge on any atom is -0.356 e. The second-order valence-corrected chi connectivity index (χ2v) is 8.53. The van der Waals surface area contributed by atoms with E-state index in [9.17, 15) is 4.79 Å². The van der Waals surface area contributed by atoms with Gasteiger partial charge in [-0.25, -0.2) is 19.6 Å². The van der Waals surface area contributed by atoms with Crippen molar-refractivity contribution < 1.29 is 0 Å². The minimum atomic E-state index is 0.0429. The standard InChI is InChI=1S/C21H26N8O/c1-14-4-15(2)29(25-14)20-5-19(23-12-24-20)28-10-17-8-27(9-18(17)11-28)7-16-6-22-13-26(3)21(16)30/h4-6,12-13,17-18H,7-11H2,1-3H3. The number of hydrogen-bond donors (Lipinski definition) is 0. The highest BCUT2D eigenvalue weighted by Crippen LogP contribution is 2.34. The fraction of sp³-hybridized carbons (Fsp3) is 0.476. The molecule has 5 heterocycles. The van der Waals surface area contributed by atoms with Gasteiger partial charge in [-0.1, -0.05) is 0 Å². The highest BCUT2D eigenvalue weighted by Gasteiger charge is 2.40. The number of likely N-dealkylation sites (tertiary alicyclic amines) is 1. The maximum Gasteiger partial charge on any atom is 0.257 e. The molecule has 9 heteroatoms. The van der Waals surface area contributed by atoms with Crippen molar-refractivity contribution >= 4 is 5.82 Å². The summed E-state index contributed by atoms with van der Waals surface area (Å²) in [5.74, 6) is 2.92. The third-order valence-electron chi connectivity index (χ3n) is 6.21. The van der Waals surface area contributed by atoms with Gasteiger partial charge in [-0.2, -0.15) is 5.10 Å². The molecule has 0 N–H and O–H groups in total. The van der Waals surface area contributed by atoms with E-state index in [0.29, 0.717) is 18.4 Å². The number of fused-ring (bicyclic) bond motifs is 1. The van der Waals surface area contributed by atoms with Crippen LogP contribution in [-0.4, -0.2) is 60.4 Å². The summed E-state index contributed by atoms with van der Waals surface area (Å²) >= 11 is 0. The van der Waals surface area contributed by atoms with Crippen molar-refractivity contribution in [3.8, 4) is 5.82 Å². The normalized spacial score (nSPS) is 21.4. The van der Waals surface area contributed by atoms with Crippen molar-refractivity contribution in [3.05, 3.63) is 58.3 Å². The fourth-order valence-electron chi connectivity index (χ4n) is 4.80. The molecule has 5 rings (SSSR count). The lowest BCUT2D eigenvalue weighted by molar-refractivity contribution is 0.306. The lowest BCUT2D eigenvalue weighted by atomic mass is 10.0. The summed E-state index contributed by atoms with van der Waals surface area (Å²) in [5, 5.41) is 4.54. The number of aromatic nitrogens is 6. The first-order chi connectivity index (χ1) is 14.5. The van der Waals surface area contributed by atoms with Crippen LogP contribution in [0.5, 0.6) is 0 Å². The third-order valence-corrected chi connectivity index (χ3v) is 6.21. The van der Waals surface area contributed by atoms with E-state index in [1.807, 2.05) is 30.7 Å². The van der Waals surface area contributed by atoms with Crippen LogP contribution in [0, 0.1) is 25.7 Å². The Morgan fingerprint density at radius 1 is 1.03 bits per heavy atom. The molecule has 2 aliphatic rings. The molecule has 3 aromatic rings. The molecule has 0 spiro atoms. The predicted molar refractivity (Wildman–Crippen MR) is 113 cm³/mol. The van der Waals surface area contributed by atoms with Gasteiger partial charge in [0, 0.05) is 63.3 Å². The van der Waals surface area contributed by atoms with Crippen molar-refractivity contribution in [2.24, 2.45) is 18.9 Å². The molecule has 0 amide bonds. The molecule has 2 unspecified atom stereocenters. The Balaban J connectivity index is 1.27. The van der Waals surface area contributed by atoms with Crippen LogP contribution in [0.2, 0.25) is 0 Å². The zero-order chi connectivity index (χ0) is 20.8. The van der Waals surface area contributed by atoms with Crippen molar-refractivity contribution in [2.45, 2.75) is 20.4 Å². The lowest BCUT2D eigenvalue weighted by Gasteiger charge is -2.22. The van der Waals surface area contributed by atoms with Crippen LogP contribution >= 0.6 is 0 Å². The van der Waals surface area contributed by atoms with Gasteiger partial charge in [-0.3, -0.25) is 9.69 Å². The molecule has 30 heavy (non-hydrogen) atoms. The van der Waals surface area contributed by atoms with E-state index >= 15 is 0 Å². The summed E-state index contributed by atoms with van der Waals surface area (Å²) in [7, 11) is 1.75. The van der Waals surface area contributed by atoms with E-state index in [1.165, 1.54) is 0 Å². The molecule has 0 saturated carbocycles. The first-order valence-electron chi connectivity index (χ1n) is 10.3. The quantitative estimate of drug-likeness (QED) is 0.637. The van der Waals surface area contributed by atoms with E-state index in [0.717, 1.165) is 54.8 Å². The van der Waals surface area contributed by atoms with Gasteiger partial charge >= 0.3 is 0 Å². The monoisotopic (exact) mass is 406 g/mol. The molecule has 156 valence electrons. The van der Waals surface area contributed by atoms with Gasteiger partial charge in [0.1, 0.15) is 12.1 Å². The smallest absolute Gasteiger partial charge is 0.257 e. The predicted octanol–water partition coefficient (Wildman–Crippen LogP) is 0.941. The summed E-state index contributed by atoms with van der Waals surface area (Å²) in [6.45, 7) is 8.62.